The zero-order valence-electron chi connectivity index (χ0n) is 8.10. The molecule has 0 aliphatic rings. The summed E-state index contributed by atoms with van der Waals surface area (Å²) in [5, 5.41) is 0. The molecule has 0 aliphatic carbocycles. The van der Waals surface area contributed by atoms with Gasteiger partial charge in [-0.05, 0) is 24.3 Å². The topological polar surface area (TPSA) is 52.6 Å². The number of hydrogen-bond donors (Lipinski definition) is 0. The van der Waals surface area contributed by atoms with Crippen molar-refractivity contribution in [3.8, 4) is 18.1 Å². The first-order valence-electron chi connectivity index (χ1n) is 4.21. The fourth-order valence-electron chi connectivity index (χ4n) is 0.817. The first-order chi connectivity index (χ1) is 7.63. The van der Waals surface area contributed by atoms with E-state index in [0.717, 1.165) is 12.1 Å². The van der Waals surface area contributed by atoms with E-state index in [-0.39, 0.29) is 12.4 Å². The molecule has 0 amide bonds. The number of terminal acetylenes is 1. The smallest absolute Gasteiger partial charge is 0.422 e. The summed E-state index contributed by atoms with van der Waals surface area (Å²) < 4.78 is 21.4. The Kier molecular flexibility index (Phi) is 4.04. The lowest BCUT2D eigenvalue weighted by atomic mass is 10.3. The largest absolute Gasteiger partial charge is 0.444 e. The van der Waals surface area contributed by atoms with Crippen LogP contribution < -0.4 is 4.74 Å². The van der Waals surface area contributed by atoms with Gasteiger partial charge in [-0.25, -0.2) is 14.0 Å². The van der Waals surface area contributed by atoms with Gasteiger partial charge in [0.05, 0.1) is 0 Å². The third-order valence-electron chi connectivity index (χ3n) is 1.48. The summed E-state index contributed by atoms with van der Waals surface area (Å²) >= 11 is 0. The first kappa shape index (κ1) is 11.7. The van der Waals surface area contributed by atoms with Gasteiger partial charge in [-0.1, -0.05) is 5.92 Å². The molecule has 0 radical (unpaired) electrons. The van der Waals surface area contributed by atoms with Gasteiger partial charge in [0.15, 0.2) is 6.61 Å². The summed E-state index contributed by atoms with van der Waals surface area (Å²) in [5.41, 5.74) is 0. The zero-order valence-corrected chi connectivity index (χ0v) is 8.10. The van der Waals surface area contributed by atoms with E-state index in [9.17, 15) is 14.0 Å². The lowest BCUT2D eigenvalue weighted by molar-refractivity contribution is -0.161. The molecule has 0 bridgehead atoms. The van der Waals surface area contributed by atoms with Crippen molar-refractivity contribution in [1.82, 2.24) is 0 Å². The number of carbonyl (C=O) groups excluding carboxylic acids is 2. The third-order valence-corrected chi connectivity index (χ3v) is 1.48. The van der Waals surface area contributed by atoms with Gasteiger partial charge in [-0.3, -0.25) is 0 Å². The van der Waals surface area contributed by atoms with E-state index in [1.807, 2.05) is 5.92 Å². The Morgan fingerprint density at radius 2 is 1.88 bits per heavy atom. The summed E-state index contributed by atoms with van der Waals surface area (Å²) in [5.74, 6) is -0.806. The normalized spacial score (nSPS) is 9.00. The molecule has 82 valence electrons. The van der Waals surface area contributed by atoms with Crippen molar-refractivity contribution in [2.24, 2.45) is 0 Å². The molecule has 16 heavy (non-hydrogen) atoms. The molecule has 5 heteroatoms. The maximum absolute atomic E-state index is 12.5. The molecule has 0 aliphatic heterocycles. The summed E-state index contributed by atoms with van der Waals surface area (Å²) in [7, 11) is 0. The maximum Gasteiger partial charge on any atom is 0.422 e. The van der Waals surface area contributed by atoms with Crippen molar-refractivity contribution in [3.63, 3.8) is 0 Å². The second kappa shape index (κ2) is 5.51. The summed E-state index contributed by atoms with van der Waals surface area (Å²) in [6.45, 7) is -0.308. The Balaban J connectivity index is 2.55. The number of hydrogen-bond acceptors (Lipinski definition) is 4. The zero-order chi connectivity index (χ0) is 12.0. The molecule has 1 aromatic carbocycles. The van der Waals surface area contributed by atoms with E-state index in [1.165, 1.54) is 12.1 Å². The van der Waals surface area contributed by atoms with Crippen LogP contribution in [-0.4, -0.2) is 18.5 Å². The van der Waals surface area contributed by atoms with Gasteiger partial charge < -0.3 is 9.47 Å². The van der Waals surface area contributed by atoms with Crippen LogP contribution >= 0.6 is 0 Å². The first-order valence-corrected chi connectivity index (χ1v) is 4.21. The fourth-order valence-corrected chi connectivity index (χ4v) is 0.817. The van der Waals surface area contributed by atoms with Crippen LogP contribution in [0.2, 0.25) is 0 Å². The third kappa shape index (κ3) is 3.42. The lowest BCUT2D eigenvalue weighted by Gasteiger charge is -2.02. The van der Waals surface area contributed by atoms with E-state index >= 15 is 0 Å². The summed E-state index contributed by atoms with van der Waals surface area (Å²) in [6, 6.07) is 4.61. The second-order valence-electron chi connectivity index (χ2n) is 2.62. The number of halogens is 1. The number of carbonyl (C=O) groups is 2. The Morgan fingerprint density at radius 1 is 1.25 bits per heavy atom. The minimum Gasteiger partial charge on any atom is -0.444 e. The fraction of sp³-hybridized carbons (Fsp3) is 0.0909. The van der Waals surface area contributed by atoms with E-state index < -0.39 is 17.8 Å². The molecule has 0 unspecified atom stereocenters. The molecule has 0 saturated heterocycles. The van der Waals surface area contributed by atoms with E-state index in [0.29, 0.717) is 0 Å². The van der Waals surface area contributed by atoms with Crippen molar-refractivity contribution in [2.45, 2.75) is 0 Å². The van der Waals surface area contributed by atoms with Crippen LogP contribution in [0.15, 0.2) is 24.3 Å². The molecule has 0 aromatic heterocycles. The van der Waals surface area contributed by atoms with Gasteiger partial charge in [0.2, 0.25) is 0 Å². The number of esters is 2. The predicted octanol–water partition coefficient (Wildman–Crippen LogP) is 0.907. The van der Waals surface area contributed by atoms with Gasteiger partial charge in [-0.2, -0.15) is 0 Å². The van der Waals surface area contributed by atoms with Crippen LogP contribution in [0.3, 0.4) is 0 Å². The summed E-state index contributed by atoms with van der Waals surface area (Å²) in [6.07, 6.45) is 4.83. The highest BCUT2D eigenvalue weighted by Gasteiger charge is 2.17. The summed E-state index contributed by atoms with van der Waals surface area (Å²) in [4.78, 5) is 22.0. The Bertz CT molecular complexity index is 430. The molecular formula is C11H7FO4. The number of rotatable bonds is 2. The molecular weight excluding hydrogens is 215 g/mol. The monoisotopic (exact) mass is 222 g/mol. The molecule has 0 saturated carbocycles. The number of ether oxygens (including phenoxy) is 2. The van der Waals surface area contributed by atoms with Gasteiger partial charge in [0.25, 0.3) is 0 Å². The molecule has 0 atom stereocenters. The van der Waals surface area contributed by atoms with Gasteiger partial charge in [0, 0.05) is 0 Å². The minimum absolute atomic E-state index is 0.0454. The van der Waals surface area contributed by atoms with Gasteiger partial charge in [0.1, 0.15) is 11.6 Å². The van der Waals surface area contributed by atoms with Crippen molar-refractivity contribution < 1.29 is 23.5 Å². The van der Waals surface area contributed by atoms with Crippen molar-refractivity contribution in [3.05, 3.63) is 30.1 Å². The van der Waals surface area contributed by atoms with Gasteiger partial charge in [-0.15, -0.1) is 6.42 Å². The molecule has 0 heterocycles. The van der Waals surface area contributed by atoms with Crippen molar-refractivity contribution >= 4 is 11.9 Å². The van der Waals surface area contributed by atoms with Crippen LogP contribution in [0.5, 0.6) is 5.75 Å². The highest BCUT2D eigenvalue weighted by atomic mass is 19.1. The molecule has 1 aromatic rings. The molecule has 1 rings (SSSR count). The highest BCUT2D eigenvalue weighted by molar-refractivity contribution is 6.30. The molecule has 4 nitrogen and oxygen atoms in total. The van der Waals surface area contributed by atoms with Crippen LogP contribution in [0.4, 0.5) is 4.39 Å². The molecule has 0 spiro atoms. The number of benzene rings is 1. The van der Waals surface area contributed by atoms with E-state index in [2.05, 4.69) is 9.47 Å². The van der Waals surface area contributed by atoms with E-state index in [4.69, 9.17) is 6.42 Å². The predicted molar refractivity (Wildman–Crippen MR) is 51.8 cm³/mol. The minimum atomic E-state index is -1.21. The Morgan fingerprint density at radius 3 is 2.44 bits per heavy atom. The second-order valence-corrected chi connectivity index (χ2v) is 2.62. The molecule has 0 fully saturated rings. The lowest BCUT2D eigenvalue weighted by Crippen LogP contribution is -2.23. The standard InChI is InChI=1S/C11H7FO4/c1-2-7-15-10(13)11(14)16-9-5-3-8(12)4-6-9/h1,3-6H,7H2. The SMILES string of the molecule is C#CCOC(=O)C(=O)Oc1ccc(F)cc1. The van der Waals surface area contributed by atoms with Crippen LogP contribution in [0.25, 0.3) is 0 Å². The van der Waals surface area contributed by atoms with Crippen molar-refractivity contribution in [2.75, 3.05) is 6.61 Å². The maximum atomic E-state index is 12.5. The average molecular weight is 222 g/mol. The van der Waals surface area contributed by atoms with E-state index in [1.54, 1.807) is 0 Å². The van der Waals surface area contributed by atoms with Crippen LogP contribution in [-0.2, 0) is 14.3 Å². The Labute approximate surface area is 91.0 Å². The highest BCUT2D eigenvalue weighted by Crippen LogP contribution is 2.11. The van der Waals surface area contributed by atoms with Crippen molar-refractivity contribution in [1.29, 1.82) is 0 Å². The average Bonchev–Trinajstić information content (AvgIpc) is 2.29. The van der Waals surface area contributed by atoms with Crippen LogP contribution in [0.1, 0.15) is 0 Å². The molecule has 0 N–H and O–H groups in total. The quantitative estimate of drug-likeness (QED) is 0.323. The van der Waals surface area contributed by atoms with Gasteiger partial charge >= 0.3 is 11.9 Å². The van der Waals surface area contributed by atoms with Crippen LogP contribution in [0, 0.1) is 18.2 Å². The Hall–Kier alpha value is -2.35.